The Morgan fingerprint density at radius 3 is 1.80 bits per heavy atom. The summed E-state index contributed by atoms with van der Waals surface area (Å²) in [5.41, 5.74) is 0.917. The molecule has 0 aromatic rings. The monoisotopic (exact) mass is 110 g/mol. The van der Waals surface area contributed by atoms with Crippen molar-refractivity contribution in [2.45, 2.75) is 6.92 Å². The van der Waals surface area contributed by atoms with Crippen LogP contribution < -0.4 is 0 Å². The fourth-order valence-corrected chi connectivity index (χ4v) is 0. The molecule has 0 fully saturated rings. The molecule has 5 heavy (non-hydrogen) atoms. The number of hydrogen-bond acceptors (Lipinski definition) is 0. The maximum Gasteiger partial charge on any atom is 0 e. The minimum atomic E-state index is 0. The van der Waals surface area contributed by atoms with Crippen molar-refractivity contribution in [2.24, 2.45) is 0 Å². The predicted molar refractivity (Wildman–Crippen MR) is 20.2 cm³/mol. The molecule has 31 valence electrons. The molecule has 0 bridgehead atoms. The van der Waals surface area contributed by atoms with E-state index in [9.17, 15) is 0 Å². The van der Waals surface area contributed by atoms with Crippen molar-refractivity contribution in [3.05, 3.63) is 19.1 Å². The van der Waals surface area contributed by atoms with Crippen LogP contribution in [-0.4, -0.2) is 0 Å². The van der Waals surface area contributed by atoms with Crippen LogP contribution in [0.25, 0.3) is 0 Å². The Hall–Kier alpha value is 0.129. The third-order valence-electron chi connectivity index (χ3n) is 0. The zero-order chi connectivity index (χ0) is 3.58. The summed E-state index contributed by atoms with van der Waals surface area (Å²) in [4.78, 5) is 0. The molecule has 0 N–H and O–H groups in total. The van der Waals surface area contributed by atoms with Crippen molar-refractivity contribution >= 4 is 0 Å². The van der Waals surface area contributed by atoms with Gasteiger partial charge in [0.2, 0.25) is 0 Å². The van der Waals surface area contributed by atoms with Gasteiger partial charge in [0.1, 0.15) is 0 Å². The fraction of sp³-hybridized carbons (Fsp3) is 0.250. The molecule has 0 aliphatic heterocycles. The Morgan fingerprint density at radius 2 is 1.80 bits per heavy atom. The molecule has 0 aromatic heterocycles. The first-order chi connectivity index (χ1) is 1.73. The number of hydrogen-bond donors (Lipinski definition) is 0. The van der Waals surface area contributed by atoms with Gasteiger partial charge in [-0.25, -0.2) is 19.1 Å². The quantitative estimate of drug-likeness (QED) is 0.326. The molecule has 0 amide bonds. The van der Waals surface area contributed by atoms with E-state index in [1.807, 2.05) is 6.92 Å². The Bertz CT molecular complexity index is 26.6. The summed E-state index contributed by atoms with van der Waals surface area (Å²) in [6, 6.07) is 0. The average Bonchev–Trinajstić information content (AvgIpc) is 0.811. The number of rotatable bonds is 0. The smallest absolute Gasteiger partial charge is 0 e. The van der Waals surface area contributed by atoms with Crippen LogP contribution in [0.2, 0.25) is 0 Å². The van der Waals surface area contributed by atoms with Crippen LogP contribution in [-0.2, 0) is 17.1 Å². The van der Waals surface area contributed by atoms with Gasteiger partial charge in [-0.3, -0.25) is 0 Å². The van der Waals surface area contributed by atoms with Gasteiger partial charge >= 0.3 is 0 Å². The summed E-state index contributed by atoms with van der Waals surface area (Å²) in [5.74, 6) is 0. The standard InChI is InChI=1S/C4H7.Mn/c1-4(2)3;/h1-2H2,3H3;/q-1;. The molecule has 0 aromatic carbocycles. The van der Waals surface area contributed by atoms with E-state index >= 15 is 0 Å². The van der Waals surface area contributed by atoms with Crippen molar-refractivity contribution in [1.82, 2.24) is 0 Å². The summed E-state index contributed by atoms with van der Waals surface area (Å²) in [7, 11) is 0. The molecule has 0 rings (SSSR count). The summed E-state index contributed by atoms with van der Waals surface area (Å²) in [5, 5.41) is 0. The van der Waals surface area contributed by atoms with Crippen LogP contribution in [0.4, 0.5) is 0 Å². The third-order valence-corrected chi connectivity index (χ3v) is 0. The minimum Gasteiger partial charge on any atom is -0.242 e. The van der Waals surface area contributed by atoms with Gasteiger partial charge in [-0.1, -0.05) is 6.92 Å². The molecule has 0 heterocycles. The van der Waals surface area contributed by atoms with Crippen LogP contribution in [0.15, 0.2) is 12.2 Å². The minimum absolute atomic E-state index is 0. The van der Waals surface area contributed by atoms with E-state index in [0.29, 0.717) is 0 Å². The van der Waals surface area contributed by atoms with E-state index in [0.717, 1.165) is 5.57 Å². The molecule has 0 aliphatic carbocycles. The molecular formula is C4H7Mn-. The molecule has 0 nitrogen and oxygen atoms in total. The molecular weight excluding hydrogens is 103 g/mol. The van der Waals surface area contributed by atoms with E-state index in [2.05, 4.69) is 13.5 Å². The molecule has 0 aliphatic rings. The second-order valence-electron chi connectivity index (χ2n) is 0.957. The van der Waals surface area contributed by atoms with Crippen molar-refractivity contribution in [3.8, 4) is 0 Å². The van der Waals surface area contributed by atoms with E-state index < -0.39 is 0 Å². The van der Waals surface area contributed by atoms with Gasteiger partial charge in [0.15, 0.2) is 0 Å². The predicted octanol–water partition coefficient (Wildman–Crippen LogP) is 1.39. The van der Waals surface area contributed by atoms with Crippen LogP contribution in [0.1, 0.15) is 6.92 Å². The first-order valence-electron chi connectivity index (χ1n) is 1.21. The largest absolute Gasteiger partial charge is 0.242 e. The van der Waals surface area contributed by atoms with Crippen molar-refractivity contribution in [2.75, 3.05) is 0 Å². The van der Waals surface area contributed by atoms with Crippen molar-refractivity contribution < 1.29 is 17.1 Å². The average molecular weight is 110 g/mol. The maximum atomic E-state index is 3.44. The van der Waals surface area contributed by atoms with E-state index in [1.165, 1.54) is 0 Å². The fourth-order valence-electron chi connectivity index (χ4n) is 0. The molecule has 1 heteroatoms. The van der Waals surface area contributed by atoms with Gasteiger partial charge in [-0.05, 0) is 0 Å². The molecule has 0 unspecified atom stereocenters. The summed E-state index contributed by atoms with van der Waals surface area (Å²) in [6.07, 6.45) is 0. The normalized spacial score (nSPS) is 5.00. The molecule has 1 radical (unpaired) electrons. The van der Waals surface area contributed by atoms with Crippen molar-refractivity contribution in [3.63, 3.8) is 0 Å². The van der Waals surface area contributed by atoms with Crippen LogP contribution in [0, 0.1) is 6.92 Å². The zero-order valence-corrected chi connectivity index (χ0v) is 4.47. The van der Waals surface area contributed by atoms with Crippen LogP contribution >= 0.6 is 0 Å². The van der Waals surface area contributed by atoms with Crippen LogP contribution in [0.5, 0.6) is 0 Å². The van der Waals surface area contributed by atoms with E-state index in [4.69, 9.17) is 0 Å². The summed E-state index contributed by atoms with van der Waals surface area (Å²) in [6.45, 7) is 8.75. The van der Waals surface area contributed by atoms with Gasteiger partial charge in [0.05, 0.1) is 0 Å². The first-order valence-corrected chi connectivity index (χ1v) is 1.21. The van der Waals surface area contributed by atoms with Gasteiger partial charge in [-0.15, -0.1) is 0 Å². The Morgan fingerprint density at radius 1 is 1.80 bits per heavy atom. The Balaban J connectivity index is 0. The van der Waals surface area contributed by atoms with Gasteiger partial charge in [0, 0.05) is 17.1 Å². The van der Waals surface area contributed by atoms with E-state index in [-0.39, 0.29) is 17.1 Å². The van der Waals surface area contributed by atoms with E-state index in [1.54, 1.807) is 0 Å². The SMILES string of the molecule is C=C([CH2-])C.[Mn]. The summed E-state index contributed by atoms with van der Waals surface area (Å²) >= 11 is 0. The molecule has 0 saturated carbocycles. The van der Waals surface area contributed by atoms with Gasteiger partial charge in [-0.2, -0.15) is 0 Å². The van der Waals surface area contributed by atoms with Gasteiger partial charge in [0.25, 0.3) is 0 Å². The van der Waals surface area contributed by atoms with Crippen molar-refractivity contribution in [1.29, 1.82) is 0 Å². The summed E-state index contributed by atoms with van der Waals surface area (Å²) < 4.78 is 0. The second kappa shape index (κ2) is 4.13. The van der Waals surface area contributed by atoms with Gasteiger partial charge < -0.3 is 0 Å². The second-order valence-corrected chi connectivity index (χ2v) is 0.957. The topological polar surface area (TPSA) is 0 Å². The maximum absolute atomic E-state index is 3.44. The Labute approximate surface area is 43.7 Å². The Kier molecular flexibility index (Phi) is 7.38. The zero-order valence-electron chi connectivity index (χ0n) is 3.29. The third kappa shape index (κ3) is 1120. The molecule has 0 saturated heterocycles. The van der Waals surface area contributed by atoms with Crippen LogP contribution in [0.3, 0.4) is 0 Å². The molecule has 0 atom stereocenters. The first kappa shape index (κ1) is 8.93. The molecule has 0 spiro atoms. The number of allylic oxidation sites excluding steroid dienone is 1.